The van der Waals surface area contributed by atoms with Crippen molar-refractivity contribution in [3.05, 3.63) is 72.3 Å². The van der Waals surface area contributed by atoms with Crippen molar-refractivity contribution in [2.24, 2.45) is 7.05 Å². The zero-order chi connectivity index (χ0) is 21.4. The molecular weight excluding hydrogens is 410 g/mol. The predicted octanol–water partition coefficient (Wildman–Crippen LogP) is 3.65. The minimum Gasteiger partial charge on any atom is -0.378 e. The monoisotopic (exact) mass is 435 g/mol. The predicted molar refractivity (Wildman–Crippen MR) is 124 cm³/mol. The van der Waals surface area contributed by atoms with Crippen LogP contribution >= 0.6 is 0 Å². The number of rotatable bonds is 5. The van der Waals surface area contributed by atoms with Gasteiger partial charge in [0.05, 0.1) is 18.1 Å². The number of aryl methyl sites for hydroxylation is 1. The molecule has 0 saturated carbocycles. The van der Waals surface area contributed by atoms with Crippen molar-refractivity contribution in [2.75, 3.05) is 31.2 Å². The fourth-order valence-corrected chi connectivity index (χ4v) is 5.38. The van der Waals surface area contributed by atoms with Crippen LogP contribution in [-0.2, 0) is 28.4 Å². The van der Waals surface area contributed by atoms with Crippen molar-refractivity contribution in [3.8, 4) is 0 Å². The molecular formula is C24H25N3O3S. The highest BCUT2D eigenvalue weighted by Crippen LogP contribution is 2.30. The van der Waals surface area contributed by atoms with E-state index in [9.17, 15) is 8.42 Å². The number of ether oxygens (including phenoxy) is 1. The van der Waals surface area contributed by atoms with E-state index in [0.717, 1.165) is 46.1 Å². The van der Waals surface area contributed by atoms with Crippen molar-refractivity contribution in [2.45, 2.75) is 11.4 Å². The average Bonchev–Trinajstić information content (AvgIpc) is 3.10. The molecule has 0 amide bonds. The first-order chi connectivity index (χ1) is 15.0. The van der Waals surface area contributed by atoms with Gasteiger partial charge in [0, 0.05) is 54.2 Å². The van der Waals surface area contributed by atoms with Crippen molar-refractivity contribution in [3.63, 3.8) is 0 Å². The lowest BCUT2D eigenvalue weighted by atomic mass is 10.1. The Kier molecular flexibility index (Phi) is 5.17. The maximum atomic E-state index is 13.1. The third-order valence-corrected chi connectivity index (χ3v) is 7.39. The van der Waals surface area contributed by atoms with Crippen LogP contribution in [0.2, 0.25) is 0 Å². The lowest BCUT2D eigenvalue weighted by Gasteiger charge is -2.30. The molecule has 1 aliphatic heterocycles. The second kappa shape index (κ2) is 8.00. The summed E-state index contributed by atoms with van der Waals surface area (Å²) in [5.41, 5.74) is 4.11. The van der Waals surface area contributed by atoms with Gasteiger partial charge in [-0.2, -0.15) is 0 Å². The summed E-state index contributed by atoms with van der Waals surface area (Å²) in [5, 5.41) is 1.99. The molecule has 3 aromatic carbocycles. The first kappa shape index (κ1) is 20.1. The fraction of sp³-hybridized carbons (Fsp3) is 0.250. The molecule has 0 aliphatic carbocycles. The van der Waals surface area contributed by atoms with Gasteiger partial charge in [0.15, 0.2) is 0 Å². The summed E-state index contributed by atoms with van der Waals surface area (Å²) in [5.74, 6) is 0. The Bertz CT molecular complexity index is 1360. The number of para-hydroxylation sites is 2. The Labute approximate surface area is 182 Å². The van der Waals surface area contributed by atoms with Gasteiger partial charge in [-0.15, -0.1) is 0 Å². The molecule has 0 atom stereocenters. The zero-order valence-electron chi connectivity index (χ0n) is 17.4. The maximum absolute atomic E-state index is 13.1. The molecule has 160 valence electrons. The van der Waals surface area contributed by atoms with Crippen molar-refractivity contribution < 1.29 is 13.2 Å². The molecule has 4 aromatic rings. The van der Waals surface area contributed by atoms with Crippen LogP contribution in [-0.4, -0.2) is 39.3 Å². The Morgan fingerprint density at radius 1 is 0.903 bits per heavy atom. The second-order valence-corrected chi connectivity index (χ2v) is 9.57. The fourth-order valence-electron chi connectivity index (χ4n) is 4.34. The highest BCUT2D eigenvalue weighted by Gasteiger charge is 2.19. The van der Waals surface area contributed by atoms with Gasteiger partial charge in [-0.05, 0) is 35.9 Å². The number of nitrogens with zero attached hydrogens (tertiary/aromatic N) is 2. The van der Waals surface area contributed by atoms with E-state index in [1.54, 1.807) is 12.1 Å². The Morgan fingerprint density at radius 3 is 2.45 bits per heavy atom. The Balaban J connectivity index is 1.44. The van der Waals surface area contributed by atoms with Crippen LogP contribution in [0.4, 0.5) is 5.69 Å². The highest BCUT2D eigenvalue weighted by molar-refractivity contribution is 7.89. The largest absolute Gasteiger partial charge is 0.378 e. The molecule has 0 unspecified atom stereocenters. The molecule has 2 heterocycles. The topological polar surface area (TPSA) is 63.6 Å². The van der Waals surface area contributed by atoms with Gasteiger partial charge in [0.1, 0.15) is 0 Å². The van der Waals surface area contributed by atoms with Gasteiger partial charge in [-0.3, -0.25) is 0 Å². The molecule has 6 nitrogen and oxygen atoms in total. The van der Waals surface area contributed by atoms with Gasteiger partial charge in [0.25, 0.3) is 0 Å². The van der Waals surface area contributed by atoms with Crippen molar-refractivity contribution in [1.29, 1.82) is 0 Å². The Morgan fingerprint density at radius 2 is 1.61 bits per heavy atom. The standard InChI is InChI=1S/C24H25N3O3S/c1-26-23-9-5-3-7-20(23)21-16-19(10-11-24(21)26)31(28,29)25-17-18-6-2-4-8-22(18)27-12-14-30-15-13-27/h2-11,16,25H,12-15,17H2,1H3. The van der Waals surface area contributed by atoms with E-state index in [1.165, 1.54) is 0 Å². The van der Waals surface area contributed by atoms with Crippen LogP contribution in [0.25, 0.3) is 21.8 Å². The molecule has 1 N–H and O–H groups in total. The van der Waals surface area contributed by atoms with Crippen LogP contribution in [0, 0.1) is 0 Å². The van der Waals surface area contributed by atoms with E-state index in [2.05, 4.69) is 14.2 Å². The van der Waals surface area contributed by atoms with E-state index >= 15 is 0 Å². The molecule has 1 aromatic heterocycles. The maximum Gasteiger partial charge on any atom is 0.240 e. The first-order valence-electron chi connectivity index (χ1n) is 10.4. The quantitative estimate of drug-likeness (QED) is 0.520. The minimum atomic E-state index is -3.66. The Hall–Kier alpha value is -2.87. The van der Waals surface area contributed by atoms with E-state index in [-0.39, 0.29) is 11.4 Å². The summed E-state index contributed by atoms with van der Waals surface area (Å²) in [6.07, 6.45) is 0. The zero-order valence-corrected chi connectivity index (χ0v) is 18.2. The molecule has 5 rings (SSSR count). The van der Waals surface area contributed by atoms with Crippen molar-refractivity contribution >= 4 is 37.5 Å². The number of nitrogens with one attached hydrogen (secondary N) is 1. The molecule has 31 heavy (non-hydrogen) atoms. The van der Waals surface area contributed by atoms with Crippen LogP contribution in [0.3, 0.4) is 0 Å². The third kappa shape index (κ3) is 3.69. The van der Waals surface area contributed by atoms with Crippen LogP contribution in [0.1, 0.15) is 5.56 Å². The lowest BCUT2D eigenvalue weighted by molar-refractivity contribution is 0.122. The number of morpholine rings is 1. The van der Waals surface area contributed by atoms with Gasteiger partial charge in [-0.1, -0.05) is 36.4 Å². The summed E-state index contributed by atoms with van der Waals surface area (Å²) < 4.78 is 36.6. The first-order valence-corrected chi connectivity index (χ1v) is 11.9. The minimum absolute atomic E-state index is 0.240. The van der Waals surface area contributed by atoms with Crippen LogP contribution < -0.4 is 9.62 Å². The van der Waals surface area contributed by atoms with Crippen LogP contribution in [0.5, 0.6) is 0 Å². The van der Waals surface area contributed by atoms with E-state index in [4.69, 9.17) is 4.74 Å². The SMILES string of the molecule is Cn1c2ccccc2c2cc(S(=O)(=O)NCc3ccccc3N3CCOCC3)ccc21. The number of sulfonamides is 1. The number of anilines is 1. The lowest BCUT2D eigenvalue weighted by Crippen LogP contribution is -2.37. The number of hydrogen-bond donors (Lipinski definition) is 1. The molecule has 1 saturated heterocycles. The van der Waals surface area contributed by atoms with Gasteiger partial charge in [0.2, 0.25) is 10.0 Å². The van der Waals surface area contributed by atoms with Crippen LogP contribution in [0.15, 0.2) is 71.6 Å². The van der Waals surface area contributed by atoms with Gasteiger partial charge < -0.3 is 14.2 Å². The number of benzene rings is 3. The molecule has 7 heteroatoms. The van der Waals surface area contributed by atoms with E-state index in [0.29, 0.717) is 13.2 Å². The van der Waals surface area contributed by atoms with Crippen molar-refractivity contribution in [1.82, 2.24) is 9.29 Å². The number of aromatic nitrogens is 1. The second-order valence-electron chi connectivity index (χ2n) is 7.81. The third-order valence-electron chi connectivity index (χ3n) is 5.99. The summed E-state index contributed by atoms with van der Waals surface area (Å²) >= 11 is 0. The molecule has 1 fully saturated rings. The molecule has 1 aliphatic rings. The molecule has 0 radical (unpaired) electrons. The smallest absolute Gasteiger partial charge is 0.240 e. The highest BCUT2D eigenvalue weighted by atomic mass is 32.2. The average molecular weight is 436 g/mol. The summed E-state index contributed by atoms with van der Waals surface area (Å²) in [7, 11) is -1.66. The summed E-state index contributed by atoms with van der Waals surface area (Å²) in [6.45, 7) is 3.22. The normalized spacial score (nSPS) is 15.1. The van der Waals surface area contributed by atoms with E-state index < -0.39 is 10.0 Å². The molecule has 0 spiro atoms. The number of fused-ring (bicyclic) bond motifs is 3. The van der Waals surface area contributed by atoms with Gasteiger partial charge >= 0.3 is 0 Å². The van der Waals surface area contributed by atoms with E-state index in [1.807, 2.05) is 61.6 Å². The summed E-state index contributed by atoms with van der Waals surface area (Å²) in [6, 6.07) is 21.3. The summed E-state index contributed by atoms with van der Waals surface area (Å²) in [4.78, 5) is 2.52. The molecule has 0 bridgehead atoms. The van der Waals surface area contributed by atoms with Gasteiger partial charge in [-0.25, -0.2) is 13.1 Å². The number of hydrogen-bond acceptors (Lipinski definition) is 4.